The van der Waals surface area contributed by atoms with Crippen LogP contribution in [0.3, 0.4) is 0 Å². The molecule has 0 aromatic heterocycles. The summed E-state index contributed by atoms with van der Waals surface area (Å²) >= 11 is 0. The molecule has 0 saturated carbocycles. The molecule has 1 aromatic rings. The summed E-state index contributed by atoms with van der Waals surface area (Å²) in [6.45, 7) is -2.03. The highest BCUT2D eigenvalue weighted by atomic mass is 19.4. The molecule has 0 aliphatic carbocycles. The van der Waals surface area contributed by atoms with E-state index in [2.05, 4.69) is 0 Å². The van der Waals surface area contributed by atoms with Gasteiger partial charge in [0, 0.05) is 11.1 Å². The van der Waals surface area contributed by atoms with Crippen LogP contribution in [-0.4, -0.2) is 41.1 Å². The van der Waals surface area contributed by atoms with Crippen molar-refractivity contribution in [3.05, 3.63) is 34.9 Å². The van der Waals surface area contributed by atoms with Crippen LogP contribution < -0.4 is 0 Å². The van der Waals surface area contributed by atoms with Gasteiger partial charge in [-0.25, -0.2) is 0 Å². The molecular formula is C15H6F18O. The van der Waals surface area contributed by atoms with Gasteiger partial charge < -0.3 is 5.11 Å². The molecule has 0 saturated heterocycles. The van der Waals surface area contributed by atoms with Gasteiger partial charge in [0.1, 0.15) is 0 Å². The molecule has 0 unspecified atom stereocenters. The minimum absolute atomic E-state index is 0.490. The van der Waals surface area contributed by atoms with Crippen molar-refractivity contribution in [2.45, 2.75) is 54.5 Å². The Bertz CT molecular complexity index is 894. The number of benzene rings is 1. The van der Waals surface area contributed by atoms with E-state index in [1.165, 1.54) is 0 Å². The first-order valence-corrected chi connectivity index (χ1v) is 7.81. The van der Waals surface area contributed by atoms with E-state index in [0.717, 1.165) is 0 Å². The molecule has 19 heteroatoms. The van der Waals surface area contributed by atoms with Crippen LogP contribution in [0.5, 0.6) is 0 Å². The molecule has 0 atom stereocenters. The topological polar surface area (TPSA) is 20.2 Å². The first-order chi connectivity index (χ1) is 14.7. The zero-order valence-corrected chi connectivity index (χ0v) is 15.2. The quantitative estimate of drug-likeness (QED) is 0.366. The lowest BCUT2D eigenvalue weighted by atomic mass is 9.88. The second-order valence-electron chi connectivity index (χ2n) is 6.47. The van der Waals surface area contributed by atoms with Crippen LogP contribution in [0.25, 0.3) is 0 Å². The lowest BCUT2D eigenvalue weighted by molar-refractivity contribution is -0.400. The van der Waals surface area contributed by atoms with Crippen molar-refractivity contribution in [1.29, 1.82) is 0 Å². The van der Waals surface area contributed by atoms with Crippen LogP contribution in [0.15, 0.2) is 18.2 Å². The molecule has 0 spiro atoms. The molecule has 0 aliphatic rings. The zero-order chi connectivity index (χ0) is 27.6. The van der Waals surface area contributed by atoms with Crippen molar-refractivity contribution in [3.8, 4) is 0 Å². The number of aliphatic hydroxyl groups is 1. The van der Waals surface area contributed by atoms with Crippen LogP contribution in [0.1, 0.15) is 16.7 Å². The molecule has 0 fully saturated rings. The number of hydrogen-bond acceptors (Lipinski definition) is 1. The van der Waals surface area contributed by atoms with Gasteiger partial charge in [-0.1, -0.05) is 12.1 Å². The van der Waals surface area contributed by atoms with E-state index < -0.39 is 89.4 Å². The maximum Gasteiger partial charge on any atom is 0.460 e. The largest absolute Gasteiger partial charge is 0.460 e. The smallest absolute Gasteiger partial charge is 0.392 e. The normalized spacial score (nSPS) is 15.6. The van der Waals surface area contributed by atoms with Gasteiger partial charge in [0.2, 0.25) is 0 Å². The van der Waals surface area contributed by atoms with Crippen LogP contribution in [0, 0.1) is 0 Å². The maximum absolute atomic E-state index is 14.1. The Morgan fingerprint density at radius 1 is 0.500 bits per heavy atom. The van der Waals surface area contributed by atoms with Gasteiger partial charge in [-0.05, 0) is 11.6 Å². The molecule has 1 aromatic carbocycles. The van der Waals surface area contributed by atoms with Crippen molar-refractivity contribution in [3.63, 3.8) is 0 Å². The summed E-state index contributed by atoms with van der Waals surface area (Å²) in [6, 6.07) is -2.56. The van der Waals surface area contributed by atoms with Crippen molar-refractivity contribution >= 4 is 0 Å². The Balaban J connectivity index is 3.88. The maximum atomic E-state index is 14.1. The average molecular weight is 544 g/mol. The van der Waals surface area contributed by atoms with Gasteiger partial charge in [0.25, 0.3) is 0 Å². The molecule has 0 bridgehead atoms. The number of aliphatic hydroxyl groups excluding tert-OH is 1. The third-order valence-corrected chi connectivity index (χ3v) is 4.27. The van der Waals surface area contributed by atoms with Gasteiger partial charge in [-0.2, -0.15) is 79.0 Å². The minimum atomic E-state index is -7.62. The van der Waals surface area contributed by atoms with E-state index in [-0.39, 0.29) is 0 Å². The molecular weight excluding hydrogens is 538 g/mol. The standard InChI is InChI=1S/C15H6F18O/c16-8(17,10(20,21)12(24,25)14(28,29)30)6-2-1-5(4-34)7(3-6)9(18,19)11(22,23)13(26,27)15(31,32)33/h1-3,34H,4H2. The Morgan fingerprint density at radius 2 is 0.853 bits per heavy atom. The van der Waals surface area contributed by atoms with Crippen molar-refractivity contribution in [2.24, 2.45) is 0 Å². The second kappa shape index (κ2) is 7.97. The minimum Gasteiger partial charge on any atom is -0.392 e. The van der Waals surface area contributed by atoms with E-state index in [9.17, 15) is 79.0 Å². The highest BCUT2D eigenvalue weighted by Crippen LogP contribution is 2.59. The van der Waals surface area contributed by atoms with Crippen molar-refractivity contribution < 1.29 is 84.1 Å². The summed E-state index contributed by atoms with van der Waals surface area (Å²) < 4.78 is 235. The molecule has 1 rings (SSSR count). The molecule has 198 valence electrons. The van der Waals surface area contributed by atoms with E-state index in [1.54, 1.807) is 0 Å². The van der Waals surface area contributed by atoms with Gasteiger partial charge in [0.05, 0.1) is 6.61 Å². The van der Waals surface area contributed by atoms with Crippen LogP contribution in [0.2, 0.25) is 0 Å². The highest BCUT2D eigenvalue weighted by Gasteiger charge is 2.83. The predicted molar refractivity (Wildman–Crippen MR) is 72.1 cm³/mol. The SMILES string of the molecule is OCc1ccc(C(F)(F)C(F)(F)C(F)(F)C(F)(F)F)cc1C(F)(F)C(F)(F)C(F)(F)C(F)(F)F. The van der Waals surface area contributed by atoms with E-state index >= 15 is 0 Å². The van der Waals surface area contributed by atoms with Crippen LogP contribution in [-0.2, 0) is 18.5 Å². The predicted octanol–water partition coefficient (Wildman–Crippen LogP) is 7.03. The summed E-state index contributed by atoms with van der Waals surface area (Å²) in [7, 11) is 0. The molecule has 1 N–H and O–H groups in total. The summed E-state index contributed by atoms with van der Waals surface area (Å²) in [5.74, 6) is -44.1. The lowest BCUT2D eigenvalue weighted by Gasteiger charge is -2.36. The van der Waals surface area contributed by atoms with Gasteiger partial charge in [-0.15, -0.1) is 0 Å². The number of hydrogen-bond donors (Lipinski definition) is 1. The Morgan fingerprint density at radius 3 is 1.18 bits per heavy atom. The fourth-order valence-corrected chi connectivity index (χ4v) is 2.30. The first kappa shape index (κ1) is 30.0. The van der Waals surface area contributed by atoms with Gasteiger partial charge in [-0.3, -0.25) is 0 Å². The molecule has 0 radical (unpaired) electrons. The summed E-state index contributed by atoms with van der Waals surface area (Å²) in [6.07, 6.45) is -14.8. The van der Waals surface area contributed by atoms with Crippen molar-refractivity contribution in [2.75, 3.05) is 0 Å². The van der Waals surface area contributed by atoms with Gasteiger partial charge in [0.15, 0.2) is 0 Å². The van der Waals surface area contributed by atoms with Crippen molar-refractivity contribution in [1.82, 2.24) is 0 Å². The first-order valence-electron chi connectivity index (χ1n) is 7.81. The molecule has 0 heterocycles. The van der Waals surface area contributed by atoms with Crippen LogP contribution >= 0.6 is 0 Å². The van der Waals surface area contributed by atoms with Gasteiger partial charge >= 0.3 is 47.9 Å². The average Bonchev–Trinajstić information content (AvgIpc) is 2.64. The van der Waals surface area contributed by atoms with E-state index in [4.69, 9.17) is 5.11 Å². The van der Waals surface area contributed by atoms with E-state index in [1.807, 2.05) is 0 Å². The molecule has 1 nitrogen and oxygen atoms in total. The fraction of sp³-hybridized carbons (Fsp3) is 0.600. The fourth-order valence-electron chi connectivity index (χ4n) is 2.30. The third kappa shape index (κ3) is 4.02. The zero-order valence-electron chi connectivity index (χ0n) is 15.2. The van der Waals surface area contributed by atoms with Crippen LogP contribution in [0.4, 0.5) is 79.0 Å². The number of halogens is 18. The molecule has 34 heavy (non-hydrogen) atoms. The number of alkyl halides is 18. The number of rotatable bonds is 7. The molecule has 0 aliphatic heterocycles. The Kier molecular flexibility index (Phi) is 7.02. The molecule has 0 amide bonds. The Labute approximate surface area is 174 Å². The monoisotopic (exact) mass is 544 g/mol. The lowest BCUT2D eigenvalue weighted by Crippen LogP contribution is -2.60. The summed E-state index contributed by atoms with van der Waals surface area (Å²) in [4.78, 5) is 0. The second-order valence-corrected chi connectivity index (χ2v) is 6.47. The highest BCUT2D eigenvalue weighted by molar-refractivity contribution is 5.39. The summed E-state index contributed by atoms with van der Waals surface area (Å²) in [5, 5.41) is 8.81. The third-order valence-electron chi connectivity index (χ3n) is 4.27. The van der Waals surface area contributed by atoms with E-state index in [0.29, 0.717) is 0 Å². The Hall–Kier alpha value is -2.08. The summed E-state index contributed by atoms with van der Waals surface area (Å²) in [5.41, 5.74) is -8.03.